The molecule has 0 saturated heterocycles. The molecule has 0 spiro atoms. The van der Waals surface area contributed by atoms with Gasteiger partial charge in [-0.2, -0.15) is 0 Å². The maximum Gasteiger partial charge on any atom is 0.239 e. The standard InChI is InChI=1S/C38H35NO8S/c1-41-25-20-29(42-2)34-30(21-25)47-36(24-18-31(43-3)37(45-5)32(19-24)44-4)38(35(34)40)46-16-11-17-48-33-22-28(23-12-7-6-8-13-23)39-27-15-10-9-14-26(27)33/h6-10,12-15,18-22H,11,16-17H2,1-5H3. The zero-order chi connectivity index (χ0) is 33.6. The molecule has 0 radical (unpaired) electrons. The molecule has 0 aliphatic carbocycles. The molecule has 4 aromatic carbocycles. The average Bonchev–Trinajstić information content (AvgIpc) is 3.14. The minimum absolute atomic E-state index is 0.0472. The van der Waals surface area contributed by atoms with Gasteiger partial charge in [0.25, 0.3) is 0 Å². The second-order valence-corrected chi connectivity index (χ2v) is 11.8. The Kier molecular flexibility index (Phi) is 9.91. The lowest BCUT2D eigenvalue weighted by atomic mass is 10.1. The Morgan fingerprint density at radius 1 is 0.708 bits per heavy atom. The number of nitrogens with zero attached hydrogens (tertiary/aromatic N) is 1. The number of benzene rings is 4. The van der Waals surface area contributed by atoms with Gasteiger partial charge in [0.1, 0.15) is 22.5 Å². The topological polar surface area (TPSA) is 98.5 Å². The summed E-state index contributed by atoms with van der Waals surface area (Å²) in [5.41, 5.74) is 3.32. The van der Waals surface area contributed by atoms with E-state index in [2.05, 4.69) is 24.3 Å². The molecule has 0 saturated carbocycles. The summed E-state index contributed by atoms with van der Waals surface area (Å²) in [6.07, 6.45) is 0.647. The van der Waals surface area contributed by atoms with E-state index in [0.29, 0.717) is 40.7 Å². The first-order valence-electron chi connectivity index (χ1n) is 15.2. The van der Waals surface area contributed by atoms with E-state index in [4.69, 9.17) is 37.8 Å². The predicted octanol–water partition coefficient (Wildman–Crippen LogP) is 8.28. The number of para-hydroxylation sites is 1. The Balaban J connectivity index is 1.33. The number of pyridine rings is 1. The summed E-state index contributed by atoms with van der Waals surface area (Å²) >= 11 is 1.72. The number of hydrogen-bond acceptors (Lipinski definition) is 10. The van der Waals surface area contributed by atoms with E-state index in [1.807, 2.05) is 36.4 Å². The Morgan fingerprint density at radius 3 is 2.10 bits per heavy atom. The third kappa shape index (κ3) is 6.44. The lowest BCUT2D eigenvalue weighted by Crippen LogP contribution is -2.12. The molecule has 0 bridgehead atoms. The number of rotatable bonds is 13. The zero-order valence-electron chi connectivity index (χ0n) is 27.3. The van der Waals surface area contributed by atoms with Gasteiger partial charge in [0, 0.05) is 39.3 Å². The van der Waals surface area contributed by atoms with Gasteiger partial charge in [-0.1, -0.05) is 48.5 Å². The minimum atomic E-state index is -0.375. The Morgan fingerprint density at radius 2 is 1.42 bits per heavy atom. The molecule has 0 amide bonds. The number of aromatic nitrogens is 1. The van der Waals surface area contributed by atoms with E-state index in [9.17, 15) is 4.79 Å². The summed E-state index contributed by atoms with van der Waals surface area (Å²) in [6, 6.07) is 27.1. The number of methoxy groups -OCH3 is 5. The molecule has 0 fully saturated rings. The van der Waals surface area contributed by atoms with Crippen molar-refractivity contribution in [3.63, 3.8) is 0 Å². The van der Waals surface area contributed by atoms with Crippen LogP contribution >= 0.6 is 11.8 Å². The van der Waals surface area contributed by atoms with Crippen LogP contribution in [-0.2, 0) is 0 Å². The zero-order valence-corrected chi connectivity index (χ0v) is 28.1. The van der Waals surface area contributed by atoms with Gasteiger partial charge in [-0.05, 0) is 30.7 Å². The highest BCUT2D eigenvalue weighted by atomic mass is 32.2. The first kappa shape index (κ1) is 32.6. The molecule has 2 aromatic heterocycles. The third-order valence-electron chi connectivity index (χ3n) is 7.81. The van der Waals surface area contributed by atoms with E-state index in [1.165, 1.54) is 35.5 Å². The number of fused-ring (bicyclic) bond motifs is 2. The van der Waals surface area contributed by atoms with Crippen molar-refractivity contribution in [3.05, 3.63) is 95.2 Å². The van der Waals surface area contributed by atoms with E-state index < -0.39 is 0 Å². The van der Waals surface area contributed by atoms with Crippen LogP contribution in [0.3, 0.4) is 0 Å². The highest BCUT2D eigenvalue weighted by Crippen LogP contribution is 2.44. The maximum atomic E-state index is 14.1. The highest BCUT2D eigenvalue weighted by Gasteiger charge is 2.24. The van der Waals surface area contributed by atoms with Crippen LogP contribution in [0.4, 0.5) is 0 Å². The second kappa shape index (κ2) is 14.6. The highest BCUT2D eigenvalue weighted by molar-refractivity contribution is 7.99. The van der Waals surface area contributed by atoms with Crippen molar-refractivity contribution in [2.45, 2.75) is 11.3 Å². The predicted molar refractivity (Wildman–Crippen MR) is 189 cm³/mol. The summed E-state index contributed by atoms with van der Waals surface area (Å²) in [4.78, 5) is 20.2. The molecule has 10 heteroatoms. The monoisotopic (exact) mass is 665 g/mol. The first-order valence-corrected chi connectivity index (χ1v) is 16.2. The van der Waals surface area contributed by atoms with Crippen molar-refractivity contribution in [1.82, 2.24) is 4.98 Å². The van der Waals surface area contributed by atoms with Gasteiger partial charge in [-0.15, -0.1) is 11.8 Å². The van der Waals surface area contributed by atoms with Crippen LogP contribution in [0.25, 0.3) is 44.5 Å². The Bertz CT molecular complexity index is 2110. The molecule has 0 atom stereocenters. The summed E-state index contributed by atoms with van der Waals surface area (Å²) in [6.45, 7) is 0.258. The van der Waals surface area contributed by atoms with Crippen LogP contribution in [0.5, 0.6) is 34.5 Å². The molecular formula is C38H35NO8S. The maximum absolute atomic E-state index is 14.1. The molecule has 6 rings (SSSR count). The number of thioether (sulfide) groups is 1. The van der Waals surface area contributed by atoms with Gasteiger partial charge < -0.3 is 32.8 Å². The van der Waals surface area contributed by atoms with Gasteiger partial charge in [0.2, 0.25) is 16.9 Å². The van der Waals surface area contributed by atoms with Crippen LogP contribution in [-0.4, -0.2) is 52.9 Å². The molecule has 48 heavy (non-hydrogen) atoms. The van der Waals surface area contributed by atoms with Crippen LogP contribution in [0.2, 0.25) is 0 Å². The van der Waals surface area contributed by atoms with Crippen molar-refractivity contribution in [2.75, 3.05) is 47.9 Å². The van der Waals surface area contributed by atoms with Crippen LogP contribution < -0.4 is 33.8 Å². The van der Waals surface area contributed by atoms with Gasteiger partial charge in [-0.25, -0.2) is 4.98 Å². The average molecular weight is 666 g/mol. The molecule has 246 valence electrons. The van der Waals surface area contributed by atoms with Crippen molar-refractivity contribution in [3.8, 4) is 57.1 Å². The van der Waals surface area contributed by atoms with E-state index in [0.717, 1.165) is 32.8 Å². The van der Waals surface area contributed by atoms with Crippen LogP contribution in [0.1, 0.15) is 6.42 Å². The van der Waals surface area contributed by atoms with Crippen molar-refractivity contribution < 1.29 is 32.8 Å². The quantitative estimate of drug-likeness (QED) is 0.0885. The smallest absolute Gasteiger partial charge is 0.239 e. The fraction of sp³-hybridized carbons (Fsp3) is 0.211. The second-order valence-electron chi connectivity index (χ2n) is 10.6. The van der Waals surface area contributed by atoms with Gasteiger partial charge in [-0.3, -0.25) is 4.79 Å². The summed E-state index contributed by atoms with van der Waals surface area (Å²) in [5, 5.41) is 1.33. The molecule has 2 heterocycles. The van der Waals surface area contributed by atoms with E-state index in [-0.39, 0.29) is 34.5 Å². The first-order chi connectivity index (χ1) is 23.5. The summed E-state index contributed by atoms with van der Waals surface area (Å²) in [7, 11) is 7.60. The minimum Gasteiger partial charge on any atom is -0.496 e. The molecule has 6 aromatic rings. The van der Waals surface area contributed by atoms with Crippen LogP contribution in [0.15, 0.2) is 99.0 Å². The normalized spacial score (nSPS) is 11.0. The summed E-state index contributed by atoms with van der Waals surface area (Å²) < 4.78 is 40.3. The van der Waals surface area contributed by atoms with Crippen molar-refractivity contribution >= 4 is 33.6 Å². The van der Waals surface area contributed by atoms with Crippen LogP contribution in [0, 0.1) is 0 Å². The molecule has 0 aliphatic rings. The van der Waals surface area contributed by atoms with Gasteiger partial charge >= 0.3 is 0 Å². The molecule has 0 aliphatic heterocycles. The SMILES string of the molecule is COc1cc(OC)c2c(=O)c(OCCCSc3cc(-c4ccccc4)nc4ccccc34)c(-c3cc(OC)c(OC)c(OC)c3)oc2c1. The summed E-state index contributed by atoms with van der Waals surface area (Å²) in [5.74, 6) is 3.00. The van der Waals surface area contributed by atoms with Gasteiger partial charge in [0.05, 0.1) is 53.4 Å². The lowest BCUT2D eigenvalue weighted by molar-refractivity contribution is 0.309. The fourth-order valence-corrected chi connectivity index (χ4v) is 6.50. The number of hydrogen-bond donors (Lipinski definition) is 0. The van der Waals surface area contributed by atoms with E-state index >= 15 is 0 Å². The Labute approximate surface area is 282 Å². The Hall–Kier alpha value is -5.35. The molecule has 0 unspecified atom stereocenters. The fourth-order valence-electron chi connectivity index (χ4n) is 5.49. The third-order valence-corrected chi connectivity index (χ3v) is 8.96. The molecular weight excluding hydrogens is 630 g/mol. The number of ether oxygens (including phenoxy) is 6. The van der Waals surface area contributed by atoms with Crippen molar-refractivity contribution in [2.24, 2.45) is 0 Å². The lowest BCUT2D eigenvalue weighted by Gasteiger charge is -2.17. The molecule has 0 N–H and O–H groups in total. The van der Waals surface area contributed by atoms with Gasteiger partial charge in [0.15, 0.2) is 17.3 Å². The largest absolute Gasteiger partial charge is 0.496 e. The van der Waals surface area contributed by atoms with E-state index in [1.54, 1.807) is 36.0 Å². The van der Waals surface area contributed by atoms with Crippen molar-refractivity contribution in [1.29, 1.82) is 0 Å². The molecule has 9 nitrogen and oxygen atoms in total.